The van der Waals surface area contributed by atoms with E-state index in [-0.39, 0.29) is 11.9 Å². The summed E-state index contributed by atoms with van der Waals surface area (Å²) in [4.78, 5) is 9.95. The lowest BCUT2D eigenvalue weighted by atomic mass is 10.3. The summed E-state index contributed by atoms with van der Waals surface area (Å²) in [5.41, 5.74) is 0. The third-order valence-electron chi connectivity index (χ3n) is 2.09. The zero-order chi connectivity index (χ0) is 11.1. The molecule has 15 heavy (non-hydrogen) atoms. The molecule has 0 unspecified atom stereocenters. The zero-order valence-corrected chi connectivity index (χ0v) is 9.61. The molecule has 0 aliphatic rings. The zero-order valence-electron chi connectivity index (χ0n) is 8.86. The molecule has 1 aromatic rings. The first-order chi connectivity index (χ1) is 7.27. The average molecular weight is 230 g/mol. The maximum atomic E-state index is 8.95. The van der Waals surface area contributed by atoms with E-state index >= 15 is 0 Å². The van der Waals surface area contributed by atoms with Crippen LogP contribution in [0.5, 0.6) is 0 Å². The van der Waals surface area contributed by atoms with Gasteiger partial charge in [0.25, 0.3) is 0 Å². The second kappa shape index (κ2) is 6.58. The molecule has 0 saturated carbocycles. The van der Waals surface area contributed by atoms with Crippen molar-refractivity contribution < 1.29 is 5.11 Å². The Hall–Kier alpha value is -0.870. The highest BCUT2D eigenvalue weighted by molar-refractivity contribution is 6.28. The number of aliphatic hydroxyl groups is 1. The van der Waals surface area contributed by atoms with Crippen LogP contribution in [0.4, 0.5) is 5.82 Å². The molecule has 1 aromatic heterocycles. The average Bonchev–Trinajstić information content (AvgIpc) is 2.24. The smallest absolute Gasteiger partial charge is 0.224 e. The maximum absolute atomic E-state index is 8.95. The molecular weight excluding hydrogens is 214 g/mol. The van der Waals surface area contributed by atoms with Crippen molar-refractivity contribution in [3.63, 3.8) is 0 Å². The van der Waals surface area contributed by atoms with Crippen LogP contribution in [0.3, 0.4) is 0 Å². The van der Waals surface area contributed by atoms with E-state index in [1.165, 1.54) is 0 Å². The van der Waals surface area contributed by atoms with E-state index in [2.05, 4.69) is 16.9 Å². The number of nitrogens with zero attached hydrogens (tertiary/aromatic N) is 3. The SMILES string of the molecule is CCCCN(CCO)c1ccnc(Cl)n1. The van der Waals surface area contributed by atoms with Gasteiger partial charge in [-0.2, -0.15) is 0 Å². The first-order valence-corrected chi connectivity index (χ1v) is 5.50. The second-order valence-corrected chi connectivity index (χ2v) is 3.59. The number of aromatic nitrogens is 2. The predicted octanol–water partition coefficient (Wildman–Crippen LogP) is 1.73. The fourth-order valence-electron chi connectivity index (χ4n) is 1.31. The molecule has 0 atom stereocenters. The standard InChI is InChI=1S/C10H16ClN3O/c1-2-3-6-14(7-8-15)9-4-5-12-10(11)13-9/h4-5,15H,2-3,6-8H2,1H3. The van der Waals surface area contributed by atoms with Crippen LogP contribution in [0.25, 0.3) is 0 Å². The van der Waals surface area contributed by atoms with Gasteiger partial charge in [0.15, 0.2) is 0 Å². The molecule has 4 nitrogen and oxygen atoms in total. The Bertz CT molecular complexity index is 296. The Labute approximate surface area is 94.9 Å². The molecule has 0 bridgehead atoms. The number of hydrogen-bond acceptors (Lipinski definition) is 4. The Morgan fingerprint density at radius 3 is 2.87 bits per heavy atom. The van der Waals surface area contributed by atoms with Crippen LogP contribution in [-0.4, -0.2) is 34.8 Å². The summed E-state index contributed by atoms with van der Waals surface area (Å²) in [5.74, 6) is 0.775. The van der Waals surface area contributed by atoms with E-state index in [0.29, 0.717) is 6.54 Å². The summed E-state index contributed by atoms with van der Waals surface area (Å²) in [7, 11) is 0. The van der Waals surface area contributed by atoms with Crippen LogP contribution in [-0.2, 0) is 0 Å². The van der Waals surface area contributed by atoms with E-state index in [4.69, 9.17) is 16.7 Å². The summed E-state index contributed by atoms with van der Waals surface area (Å²) >= 11 is 5.71. The van der Waals surface area contributed by atoms with Crippen molar-refractivity contribution >= 4 is 17.4 Å². The highest BCUT2D eigenvalue weighted by Crippen LogP contribution is 2.12. The normalized spacial score (nSPS) is 10.3. The predicted molar refractivity (Wildman–Crippen MR) is 61.2 cm³/mol. The Morgan fingerprint density at radius 1 is 1.47 bits per heavy atom. The number of halogens is 1. The summed E-state index contributed by atoms with van der Waals surface area (Å²) in [6, 6.07) is 1.80. The molecule has 0 radical (unpaired) electrons. The lowest BCUT2D eigenvalue weighted by molar-refractivity contribution is 0.301. The molecule has 0 aliphatic carbocycles. The highest BCUT2D eigenvalue weighted by atomic mass is 35.5. The van der Waals surface area contributed by atoms with E-state index in [9.17, 15) is 0 Å². The molecule has 0 aliphatic heterocycles. The van der Waals surface area contributed by atoms with E-state index in [1.807, 2.05) is 4.90 Å². The van der Waals surface area contributed by atoms with Crippen molar-refractivity contribution in [1.82, 2.24) is 9.97 Å². The molecule has 1 rings (SSSR count). The fraction of sp³-hybridized carbons (Fsp3) is 0.600. The first-order valence-electron chi connectivity index (χ1n) is 5.12. The van der Waals surface area contributed by atoms with Crippen molar-refractivity contribution in [3.05, 3.63) is 17.5 Å². The minimum atomic E-state index is 0.116. The van der Waals surface area contributed by atoms with Crippen LogP contribution in [0.1, 0.15) is 19.8 Å². The van der Waals surface area contributed by atoms with E-state index in [0.717, 1.165) is 25.2 Å². The van der Waals surface area contributed by atoms with Gasteiger partial charge in [-0.05, 0) is 24.1 Å². The first kappa shape index (κ1) is 12.2. The Morgan fingerprint density at radius 2 is 2.27 bits per heavy atom. The van der Waals surface area contributed by atoms with Crippen molar-refractivity contribution in [2.45, 2.75) is 19.8 Å². The molecule has 0 saturated heterocycles. The molecule has 0 fully saturated rings. The maximum Gasteiger partial charge on any atom is 0.224 e. The number of hydrogen-bond donors (Lipinski definition) is 1. The van der Waals surface area contributed by atoms with Crippen molar-refractivity contribution in [2.24, 2.45) is 0 Å². The lowest BCUT2D eigenvalue weighted by Crippen LogP contribution is -2.28. The number of unbranched alkanes of at least 4 members (excludes halogenated alkanes) is 1. The number of anilines is 1. The Kier molecular flexibility index (Phi) is 5.36. The van der Waals surface area contributed by atoms with Gasteiger partial charge in [0.05, 0.1) is 6.61 Å². The quantitative estimate of drug-likeness (QED) is 0.755. The monoisotopic (exact) mass is 229 g/mol. The van der Waals surface area contributed by atoms with Gasteiger partial charge in [-0.25, -0.2) is 9.97 Å². The Balaban J connectivity index is 2.69. The summed E-state index contributed by atoms with van der Waals surface area (Å²) in [6.45, 7) is 3.70. The number of aliphatic hydroxyl groups excluding tert-OH is 1. The van der Waals surface area contributed by atoms with Gasteiger partial charge in [-0.3, -0.25) is 0 Å². The largest absolute Gasteiger partial charge is 0.395 e. The van der Waals surface area contributed by atoms with Crippen LogP contribution in [0.2, 0.25) is 5.28 Å². The summed E-state index contributed by atoms with van der Waals surface area (Å²) in [6.07, 6.45) is 3.81. The summed E-state index contributed by atoms with van der Waals surface area (Å²) < 4.78 is 0. The van der Waals surface area contributed by atoms with Crippen molar-refractivity contribution in [2.75, 3.05) is 24.6 Å². The molecular formula is C10H16ClN3O. The van der Waals surface area contributed by atoms with Crippen LogP contribution in [0.15, 0.2) is 12.3 Å². The molecule has 84 valence electrons. The molecule has 1 heterocycles. The van der Waals surface area contributed by atoms with Crippen molar-refractivity contribution in [3.8, 4) is 0 Å². The minimum absolute atomic E-state index is 0.116. The van der Waals surface area contributed by atoms with Gasteiger partial charge in [-0.1, -0.05) is 13.3 Å². The van der Waals surface area contributed by atoms with Crippen LogP contribution >= 0.6 is 11.6 Å². The second-order valence-electron chi connectivity index (χ2n) is 3.25. The molecule has 5 heteroatoms. The molecule has 0 aromatic carbocycles. The van der Waals surface area contributed by atoms with Gasteiger partial charge < -0.3 is 10.0 Å². The third-order valence-corrected chi connectivity index (χ3v) is 2.27. The number of rotatable bonds is 6. The van der Waals surface area contributed by atoms with Crippen LogP contribution < -0.4 is 4.90 Å². The molecule has 1 N–H and O–H groups in total. The van der Waals surface area contributed by atoms with E-state index in [1.54, 1.807) is 12.3 Å². The van der Waals surface area contributed by atoms with Gasteiger partial charge >= 0.3 is 0 Å². The molecule has 0 amide bonds. The summed E-state index contributed by atoms with van der Waals surface area (Å²) in [5, 5.41) is 9.19. The van der Waals surface area contributed by atoms with Gasteiger partial charge in [-0.15, -0.1) is 0 Å². The van der Waals surface area contributed by atoms with E-state index < -0.39 is 0 Å². The van der Waals surface area contributed by atoms with Crippen molar-refractivity contribution in [1.29, 1.82) is 0 Å². The van der Waals surface area contributed by atoms with Gasteiger partial charge in [0.1, 0.15) is 5.82 Å². The van der Waals surface area contributed by atoms with Gasteiger partial charge in [0, 0.05) is 19.3 Å². The lowest BCUT2D eigenvalue weighted by Gasteiger charge is -2.22. The minimum Gasteiger partial charge on any atom is -0.395 e. The molecule has 0 spiro atoms. The van der Waals surface area contributed by atoms with Gasteiger partial charge in [0.2, 0.25) is 5.28 Å². The van der Waals surface area contributed by atoms with Crippen LogP contribution in [0, 0.1) is 0 Å². The highest BCUT2D eigenvalue weighted by Gasteiger charge is 2.07. The fourth-order valence-corrected chi connectivity index (χ4v) is 1.46. The topological polar surface area (TPSA) is 49.2 Å². The third kappa shape index (κ3) is 4.01.